The number of aromatic nitrogens is 4. The number of hydrogen-bond donors (Lipinski definition) is 1. The molecule has 0 amide bonds. The zero-order chi connectivity index (χ0) is 20.4. The first-order valence-corrected chi connectivity index (χ1v) is 10.4. The molecule has 146 valence electrons. The minimum Gasteiger partial charge on any atom is -0.358 e. The van der Waals surface area contributed by atoms with E-state index >= 15 is 0 Å². The summed E-state index contributed by atoms with van der Waals surface area (Å²) in [6.07, 6.45) is 1.82. The van der Waals surface area contributed by atoms with Gasteiger partial charge in [-0.2, -0.15) is 0 Å². The van der Waals surface area contributed by atoms with Crippen LogP contribution in [0.2, 0.25) is 0 Å². The van der Waals surface area contributed by atoms with Crippen LogP contribution < -0.4 is 0 Å². The van der Waals surface area contributed by atoms with Crippen molar-refractivity contribution >= 4 is 28.4 Å². The third-order valence-electron chi connectivity index (χ3n) is 4.81. The van der Waals surface area contributed by atoms with Crippen molar-refractivity contribution in [1.82, 2.24) is 19.7 Å². The molecular weight excluding hydrogens is 380 g/mol. The second kappa shape index (κ2) is 8.09. The third kappa shape index (κ3) is 3.76. The van der Waals surface area contributed by atoms with Crippen LogP contribution in [0.15, 0.2) is 66.3 Å². The molecule has 0 spiro atoms. The first-order valence-electron chi connectivity index (χ1n) is 9.43. The van der Waals surface area contributed by atoms with Gasteiger partial charge in [0, 0.05) is 34.3 Å². The van der Waals surface area contributed by atoms with Gasteiger partial charge in [-0.1, -0.05) is 59.8 Å². The number of allylic oxidation sites excluding steroid dienone is 1. The van der Waals surface area contributed by atoms with Crippen LogP contribution in [0.25, 0.3) is 22.3 Å². The smallest absolute Gasteiger partial charge is 0.192 e. The molecule has 29 heavy (non-hydrogen) atoms. The van der Waals surface area contributed by atoms with E-state index in [2.05, 4.69) is 40.8 Å². The molecule has 5 nitrogen and oxygen atoms in total. The molecule has 2 heterocycles. The monoisotopic (exact) mass is 402 g/mol. The lowest BCUT2D eigenvalue weighted by atomic mass is 10.1. The van der Waals surface area contributed by atoms with E-state index in [1.54, 1.807) is 0 Å². The molecule has 2 aromatic heterocycles. The Kier molecular flexibility index (Phi) is 5.36. The van der Waals surface area contributed by atoms with E-state index in [-0.39, 0.29) is 5.78 Å². The summed E-state index contributed by atoms with van der Waals surface area (Å²) < 4.78 is 2.00. The second-order valence-electron chi connectivity index (χ2n) is 6.96. The van der Waals surface area contributed by atoms with Crippen LogP contribution in [-0.4, -0.2) is 31.3 Å². The maximum Gasteiger partial charge on any atom is 0.192 e. The van der Waals surface area contributed by atoms with Gasteiger partial charge in [-0.15, -0.1) is 16.8 Å². The summed E-state index contributed by atoms with van der Waals surface area (Å²) in [4.78, 5) is 16.3. The quantitative estimate of drug-likeness (QED) is 0.262. The van der Waals surface area contributed by atoms with Crippen LogP contribution in [0.1, 0.15) is 21.6 Å². The molecule has 4 aromatic rings. The van der Waals surface area contributed by atoms with E-state index in [1.807, 2.05) is 54.0 Å². The van der Waals surface area contributed by atoms with Crippen molar-refractivity contribution in [3.63, 3.8) is 0 Å². The number of aryl methyl sites for hydroxylation is 2. The number of rotatable bonds is 7. The van der Waals surface area contributed by atoms with Crippen molar-refractivity contribution in [2.75, 3.05) is 5.75 Å². The summed E-state index contributed by atoms with van der Waals surface area (Å²) in [6.45, 7) is 8.43. The molecular formula is C23H22N4OS. The highest BCUT2D eigenvalue weighted by Crippen LogP contribution is 2.27. The SMILES string of the molecule is C=CCn1c(SCC(=O)c2c(C)[nH]c3ccccc23)nnc1-c1cccc(C)c1. The number of nitrogens with one attached hydrogen (secondary N) is 1. The van der Waals surface area contributed by atoms with Gasteiger partial charge in [0.05, 0.1) is 5.75 Å². The Morgan fingerprint density at radius 2 is 2.00 bits per heavy atom. The highest BCUT2D eigenvalue weighted by Gasteiger charge is 2.19. The number of thioether (sulfide) groups is 1. The summed E-state index contributed by atoms with van der Waals surface area (Å²) in [7, 11) is 0. The summed E-state index contributed by atoms with van der Waals surface area (Å²) in [6, 6.07) is 16.0. The van der Waals surface area contributed by atoms with Crippen LogP contribution in [0.5, 0.6) is 0 Å². The van der Waals surface area contributed by atoms with Gasteiger partial charge in [0.1, 0.15) is 0 Å². The van der Waals surface area contributed by atoms with Crippen molar-refractivity contribution < 1.29 is 4.79 Å². The molecule has 0 saturated heterocycles. The van der Waals surface area contributed by atoms with Crippen LogP contribution in [-0.2, 0) is 6.54 Å². The molecule has 0 bridgehead atoms. The van der Waals surface area contributed by atoms with Gasteiger partial charge in [0.25, 0.3) is 0 Å². The first kappa shape index (κ1) is 19.2. The van der Waals surface area contributed by atoms with Gasteiger partial charge in [0.2, 0.25) is 0 Å². The third-order valence-corrected chi connectivity index (χ3v) is 5.78. The number of Topliss-reactive ketones (excluding diaryl/α,β-unsaturated/α-hetero) is 1. The van der Waals surface area contributed by atoms with E-state index < -0.39 is 0 Å². The van der Waals surface area contributed by atoms with Crippen LogP contribution in [0.3, 0.4) is 0 Å². The highest BCUT2D eigenvalue weighted by molar-refractivity contribution is 7.99. The number of aromatic amines is 1. The van der Waals surface area contributed by atoms with Crippen LogP contribution in [0, 0.1) is 13.8 Å². The number of carbonyl (C=O) groups is 1. The van der Waals surface area contributed by atoms with E-state index in [4.69, 9.17) is 0 Å². The number of ketones is 1. The minimum absolute atomic E-state index is 0.0789. The fourth-order valence-corrected chi connectivity index (χ4v) is 4.35. The molecule has 0 aliphatic rings. The molecule has 0 atom stereocenters. The molecule has 2 aromatic carbocycles. The Morgan fingerprint density at radius 1 is 1.17 bits per heavy atom. The van der Waals surface area contributed by atoms with Crippen molar-refractivity contribution in [2.24, 2.45) is 0 Å². The number of hydrogen-bond acceptors (Lipinski definition) is 4. The van der Waals surface area contributed by atoms with Crippen molar-refractivity contribution in [3.8, 4) is 11.4 Å². The summed E-state index contributed by atoms with van der Waals surface area (Å²) in [5, 5.41) is 10.4. The molecule has 0 unspecified atom stereocenters. The maximum absolute atomic E-state index is 13.0. The predicted octanol–water partition coefficient (Wildman–Crippen LogP) is 5.20. The lowest BCUT2D eigenvalue weighted by Crippen LogP contribution is -2.06. The molecule has 6 heteroatoms. The molecule has 1 N–H and O–H groups in total. The zero-order valence-corrected chi connectivity index (χ0v) is 17.3. The first-order chi connectivity index (χ1) is 14.1. The summed E-state index contributed by atoms with van der Waals surface area (Å²) in [5.74, 6) is 1.16. The van der Waals surface area contributed by atoms with E-state index in [0.29, 0.717) is 17.5 Å². The number of carbonyl (C=O) groups excluding carboxylic acids is 1. The number of benzene rings is 2. The largest absolute Gasteiger partial charge is 0.358 e. The van der Waals surface area contributed by atoms with E-state index in [9.17, 15) is 4.79 Å². The van der Waals surface area contributed by atoms with Gasteiger partial charge >= 0.3 is 0 Å². The van der Waals surface area contributed by atoms with E-state index in [1.165, 1.54) is 11.8 Å². The Balaban J connectivity index is 1.60. The molecule has 0 aliphatic carbocycles. The molecule has 0 aliphatic heterocycles. The zero-order valence-electron chi connectivity index (χ0n) is 16.5. The lowest BCUT2D eigenvalue weighted by molar-refractivity contribution is 0.102. The van der Waals surface area contributed by atoms with Gasteiger partial charge in [-0.25, -0.2) is 0 Å². The van der Waals surface area contributed by atoms with E-state index in [0.717, 1.165) is 39.1 Å². The Bertz CT molecular complexity index is 1200. The minimum atomic E-state index is 0.0789. The molecule has 0 radical (unpaired) electrons. The van der Waals surface area contributed by atoms with Crippen LogP contribution in [0.4, 0.5) is 0 Å². The highest BCUT2D eigenvalue weighted by atomic mass is 32.2. The fraction of sp³-hybridized carbons (Fsp3) is 0.174. The summed E-state index contributed by atoms with van der Waals surface area (Å²) in [5.41, 5.74) is 4.79. The standard InChI is InChI=1S/C23H22N4OS/c1-4-12-27-22(17-9-7-8-15(2)13-17)25-26-23(27)29-14-20(28)21-16(3)24-19-11-6-5-10-18(19)21/h4-11,13,24H,1,12,14H2,2-3H3. The van der Waals surface area contributed by atoms with Crippen LogP contribution >= 0.6 is 11.8 Å². The van der Waals surface area contributed by atoms with Crippen molar-refractivity contribution in [1.29, 1.82) is 0 Å². The molecule has 0 saturated carbocycles. The number of nitrogens with zero attached hydrogens (tertiary/aromatic N) is 3. The normalized spacial score (nSPS) is 11.1. The Labute approximate surface area is 173 Å². The average molecular weight is 403 g/mol. The number of H-pyrrole nitrogens is 1. The lowest BCUT2D eigenvalue weighted by Gasteiger charge is -2.08. The Morgan fingerprint density at radius 3 is 2.79 bits per heavy atom. The van der Waals surface area contributed by atoms with Gasteiger partial charge < -0.3 is 4.98 Å². The Hall–Kier alpha value is -3.12. The predicted molar refractivity (Wildman–Crippen MR) is 118 cm³/mol. The average Bonchev–Trinajstić information content (AvgIpc) is 3.26. The molecule has 0 fully saturated rings. The van der Waals surface area contributed by atoms with Crippen molar-refractivity contribution in [3.05, 3.63) is 78.0 Å². The van der Waals surface area contributed by atoms with Gasteiger partial charge in [-0.3, -0.25) is 9.36 Å². The second-order valence-corrected chi connectivity index (χ2v) is 7.90. The number of fused-ring (bicyclic) bond motifs is 1. The maximum atomic E-state index is 13.0. The summed E-state index contributed by atoms with van der Waals surface area (Å²) >= 11 is 1.41. The van der Waals surface area contributed by atoms with Gasteiger partial charge in [0.15, 0.2) is 16.8 Å². The fourth-order valence-electron chi connectivity index (χ4n) is 3.53. The number of para-hydroxylation sites is 1. The van der Waals surface area contributed by atoms with Gasteiger partial charge in [-0.05, 0) is 26.0 Å². The molecule has 4 rings (SSSR count). The topological polar surface area (TPSA) is 63.6 Å². The van der Waals surface area contributed by atoms with Crippen molar-refractivity contribution in [2.45, 2.75) is 25.5 Å².